The lowest BCUT2D eigenvalue weighted by Gasteiger charge is -2.25. The first-order chi connectivity index (χ1) is 9.44. The van der Waals surface area contributed by atoms with Gasteiger partial charge in [-0.05, 0) is 49.5 Å². The smallest absolute Gasteiger partial charge is 0.119 e. The first kappa shape index (κ1) is 17.2. The highest BCUT2D eigenvalue weighted by Crippen LogP contribution is 2.22. The van der Waals surface area contributed by atoms with Crippen molar-refractivity contribution < 1.29 is 4.74 Å². The molecule has 1 aromatic rings. The van der Waals surface area contributed by atoms with Gasteiger partial charge in [0.05, 0.1) is 7.11 Å². The van der Waals surface area contributed by atoms with Crippen LogP contribution in [0.1, 0.15) is 18.9 Å². The van der Waals surface area contributed by atoms with Crippen LogP contribution in [-0.2, 0) is 6.42 Å². The molecule has 2 nitrogen and oxygen atoms in total. The van der Waals surface area contributed by atoms with Gasteiger partial charge in [-0.25, -0.2) is 0 Å². The summed E-state index contributed by atoms with van der Waals surface area (Å²) >= 11 is 0. The molecule has 0 aliphatic carbocycles. The van der Waals surface area contributed by atoms with Crippen LogP contribution in [0.25, 0.3) is 0 Å². The molecule has 0 fully saturated rings. The molecule has 1 N–H and O–H groups in total. The summed E-state index contributed by atoms with van der Waals surface area (Å²) in [6, 6.07) is 9.89. The van der Waals surface area contributed by atoms with Crippen LogP contribution in [0, 0.1) is 5.92 Å². The van der Waals surface area contributed by atoms with E-state index in [0.717, 1.165) is 31.2 Å². The number of rotatable bonds is 9. The number of methoxy groups -OCH3 is 1. The summed E-state index contributed by atoms with van der Waals surface area (Å²) in [6.07, 6.45) is 2.36. The van der Waals surface area contributed by atoms with Gasteiger partial charge in [-0.1, -0.05) is 44.7 Å². The SMILES string of the molecule is CCCNCC(Cc1cccc(OC)c1)C[Si](C)(C)C. The number of benzene rings is 1. The van der Waals surface area contributed by atoms with Crippen molar-refractivity contribution >= 4 is 8.07 Å². The lowest BCUT2D eigenvalue weighted by atomic mass is 10.0. The predicted molar refractivity (Wildman–Crippen MR) is 91.5 cm³/mol. The van der Waals surface area contributed by atoms with Crippen molar-refractivity contribution in [2.75, 3.05) is 20.2 Å². The first-order valence-electron chi connectivity index (χ1n) is 7.78. The van der Waals surface area contributed by atoms with Gasteiger partial charge in [-0.3, -0.25) is 0 Å². The standard InChI is InChI=1S/C17H31NOSi/c1-6-10-18-13-16(14-20(3,4)5)11-15-8-7-9-17(12-15)19-2/h7-9,12,16,18H,6,10-11,13-14H2,1-5H3. The van der Waals surface area contributed by atoms with Crippen LogP contribution in [-0.4, -0.2) is 28.3 Å². The van der Waals surface area contributed by atoms with Gasteiger partial charge in [-0.15, -0.1) is 0 Å². The van der Waals surface area contributed by atoms with Crippen LogP contribution in [0.15, 0.2) is 24.3 Å². The largest absolute Gasteiger partial charge is 0.497 e. The Bertz CT molecular complexity index is 387. The Morgan fingerprint density at radius 3 is 2.60 bits per heavy atom. The molecule has 1 atom stereocenters. The molecular weight excluding hydrogens is 262 g/mol. The first-order valence-corrected chi connectivity index (χ1v) is 11.5. The highest BCUT2D eigenvalue weighted by atomic mass is 28.3. The number of nitrogens with one attached hydrogen (secondary N) is 1. The summed E-state index contributed by atoms with van der Waals surface area (Å²) in [5, 5.41) is 3.60. The van der Waals surface area contributed by atoms with Crippen molar-refractivity contribution in [2.45, 2.75) is 45.5 Å². The van der Waals surface area contributed by atoms with Gasteiger partial charge in [0.15, 0.2) is 0 Å². The normalized spacial score (nSPS) is 13.2. The summed E-state index contributed by atoms with van der Waals surface area (Å²) in [5.74, 6) is 1.70. The number of ether oxygens (including phenoxy) is 1. The van der Waals surface area contributed by atoms with Crippen LogP contribution in [0.2, 0.25) is 25.7 Å². The number of hydrogen-bond acceptors (Lipinski definition) is 2. The van der Waals surface area contributed by atoms with Gasteiger partial charge < -0.3 is 10.1 Å². The van der Waals surface area contributed by atoms with E-state index in [9.17, 15) is 0 Å². The third-order valence-electron chi connectivity index (χ3n) is 3.42. The van der Waals surface area contributed by atoms with Crippen molar-refractivity contribution in [1.29, 1.82) is 0 Å². The van der Waals surface area contributed by atoms with Gasteiger partial charge in [0.1, 0.15) is 5.75 Å². The summed E-state index contributed by atoms with van der Waals surface area (Å²) in [6.45, 7) is 11.9. The minimum atomic E-state index is -1.03. The topological polar surface area (TPSA) is 21.3 Å². The molecule has 3 heteroatoms. The second-order valence-electron chi connectivity index (χ2n) is 6.89. The fraction of sp³-hybridized carbons (Fsp3) is 0.647. The van der Waals surface area contributed by atoms with E-state index in [-0.39, 0.29) is 0 Å². The molecule has 0 radical (unpaired) electrons. The van der Waals surface area contributed by atoms with E-state index in [2.05, 4.69) is 50.1 Å². The van der Waals surface area contributed by atoms with E-state index in [1.165, 1.54) is 18.0 Å². The third-order valence-corrected chi connectivity index (χ3v) is 5.22. The van der Waals surface area contributed by atoms with Gasteiger partial charge in [0, 0.05) is 8.07 Å². The molecule has 0 bridgehead atoms. The lowest BCUT2D eigenvalue weighted by Crippen LogP contribution is -2.32. The van der Waals surface area contributed by atoms with Crippen molar-refractivity contribution in [3.63, 3.8) is 0 Å². The number of hydrogen-bond donors (Lipinski definition) is 1. The Morgan fingerprint density at radius 2 is 2.00 bits per heavy atom. The maximum atomic E-state index is 5.33. The molecule has 1 rings (SSSR count). The van der Waals surface area contributed by atoms with Crippen molar-refractivity contribution in [3.05, 3.63) is 29.8 Å². The van der Waals surface area contributed by atoms with Crippen LogP contribution >= 0.6 is 0 Å². The molecule has 0 aliphatic heterocycles. The molecule has 0 saturated carbocycles. The average molecular weight is 294 g/mol. The lowest BCUT2D eigenvalue weighted by molar-refractivity contribution is 0.413. The molecule has 0 amide bonds. The maximum Gasteiger partial charge on any atom is 0.119 e. The van der Waals surface area contributed by atoms with Crippen molar-refractivity contribution in [1.82, 2.24) is 5.32 Å². The maximum absolute atomic E-state index is 5.33. The highest BCUT2D eigenvalue weighted by Gasteiger charge is 2.20. The molecule has 1 unspecified atom stereocenters. The molecule has 0 saturated heterocycles. The van der Waals surface area contributed by atoms with E-state index >= 15 is 0 Å². The van der Waals surface area contributed by atoms with Crippen LogP contribution in [0.3, 0.4) is 0 Å². The van der Waals surface area contributed by atoms with Crippen LogP contribution in [0.5, 0.6) is 5.75 Å². The van der Waals surface area contributed by atoms with E-state index < -0.39 is 8.07 Å². The van der Waals surface area contributed by atoms with Gasteiger partial charge >= 0.3 is 0 Å². The van der Waals surface area contributed by atoms with Gasteiger partial charge in [0.25, 0.3) is 0 Å². The zero-order valence-corrected chi connectivity index (χ0v) is 14.8. The monoisotopic (exact) mass is 293 g/mol. The fourth-order valence-electron chi connectivity index (χ4n) is 2.70. The Morgan fingerprint density at radius 1 is 1.25 bits per heavy atom. The summed E-state index contributed by atoms with van der Waals surface area (Å²) in [4.78, 5) is 0. The molecular formula is C17H31NOSi. The average Bonchev–Trinajstić information content (AvgIpc) is 2.37. The summed E-state index contributed by atoms with van der Waals surface area (Å²) in [5.41, 5.74) is 1.39. The molecule has 20 heavy (non-hydrogen) atoms. The minimum absolute atomic E-state index is 0.736. The van der Waals surface area contributed by atoms with E-state index in [0.29, 0.717) is 0 Å². The highest BCUT2D eigenvalue weighted by molar-refractivity contribution is 6.76. The Labute approximate surface area is 125 Å². The molecule has 0 aliphatic rings. The van der Waals surface area contributed by atoms with Crippen molar-refractivity contribution in [2.24, 2.45) is 5.92 Å². The molecule has 1 aromatic carbocycles. The second-order valence-corrected chi connectivity index (χ2v) is 12.4. The quantitative estimate of drug-likeness (QED) is 0.544. The molecule has 0 spiro atoms. The second kappa shape index (κ2) is 8.48. The molecule has 114 valence electrons. The van der Waals surface area contributed by atoms with Crippen LogP contribution < -0.4 is 10.1 Å². The van der Waals surface area contributed by atoms with E-state index in [1.54, 1.807) is 7.11 Å². The minimum Gasteiger partial charge on any atom is -0.497 e. The summed E-state index contributed by atoms with van der Waals surface area (Å²) < 4.78 is 5.33. The van der Waals surface area contributed by atoms with Crippen LogP contribution in [0.4, 0.5) is 0 Å². The van der Waals surface area contributed by atoms with E-state index in [4.69, 9.17) is 4.74 Å². The van der Waals surface area contributed by atoms with Gasteiger partial charge in [0.2, 0.25) is 0 Å². The molecule has 0 heterocycles. The fourth-order valence-corrected chi connectivity index (χ4v) is 4.72. The Balaban J connectivity index is 2.66. The predicted octanol–water partition coefficient (Wildman–Crippen LogP) is 4.19. The van der Waals surface area contributed by atoms with Gasteiger partial charge in [-0.2, -0.15) is 0 Å². The Hall–Kier alpha value is -0.803. The summed E-state index contributed by atoms with van der Waals surface area (Å²) in [7, 11) is 0.710. The van der Waals surface area contributed by atoms with E-state index in [1.807, 2.05) is 6.07 Å². The zero-order valence-electron chi connectivity index (χ0n) is 13.8. The van der Waals surface area contributed by atoms with Crippen molar-refractivity contribution in [3.8, 4) is 5.75 Å². The zero-order chi connectivity index (χ0) is 15.0. The molecule has 0 aromatic heterocycles. The Kier molecular flexibility index (Phi) is 7.31. The third kappa shape index (κ3) is 7.11.